The van der Waals surface area contributed by atoms with E-state index in [0.717, 1.165) is 17.5 Å². The van der Waals surface area contributed by atoms with Crippen LogP contribution in [-0.4, -0.2) is 68.9 Å². The Kier molecular flexibility index (Phi) is 7.52. The molecule has 2 aliphatic rings. The molecule has 0 aliphatic carbocycles. The summed E-state index contributed by atoms with van der Waals surface area (Å²) in [6.07, 6.45) is 1.63. The summed E-state index contributed by atoms with van der Waals surface area (Å²) in [6.45, 7) is 2.80. The molecule has 3 heterocycles. The number of nitrogens with zero attached hydrogens (tertiary/aromatic N) is 3. The summed E-state index contributed by atoms with van der Waals surface area (Å²) in [4.78, 5) is 30.0. The quantitative estimate of drug-likeness (QED) is 0.384. The number of esters is 1. The first-order chi connectivity index (χ1) is 18.3. The van der Waals surface area contributed by atoms with Crippen LogP contribution in [-0.2, 0) is 30.8 Å². The van der Waals surface area contributed by atoms with Crippen LogP contribution in [0, 0.1) is 0 Å². The number of fused-ring (bicyclic) bond motifs is 2. The molecular weight excluding hydrogens is 534 g/mol. The van der Waals surface area contributed by atoms with Crippen LogP contribution in [0.25, 0.3) is 10.2 Å². The zero-order valence-corrected chi connectivity index (χ0v) is 22.5. The van der Waals surface area contributed by atoms with E-state index in [1.807, 2.05) is 0 Å². The molecule has 2 aromatic carbocycles. The predicted octanol–water partition coefficient (Wildman–Crippen LogP) is 2.54. The van der Waals surface area contributed by atoms with E-state index in [1.165, 1.54) is 47.0 Å². The second-order valence-electron chi connectivity index (χ2n) is 8.81. The summed E-state index contributed by atoms with van der Waals surface area (Å²) in [6, 6.07) is 9.15. The Morgan fingerprint density at radius 2 is 1.92 bits per heavy atom. The third-order valence-electron chi connectivity index (χ3n) is 6.26. The van der Waals surface area contributed by atoms with E-state index >= 15 is 0 Å². The Hall–Kier alpha value is -3.26. The number of benzene rings is 2. The van der Waals surface area contributed by atoms with Gasteiger partial charge in [0.25, 0.3) is 5.91 Å². The van der Waals surface area contributed by atoms with Crippen molar-refractivity contribution in [3.63, 3.8) is 0 Å². The van der Waals surface area contributed by atoms with Crippen LogP contribution in [0.15, 0.2) is 46.3 Å². The zero-order chi connectivity index (χ0) is 26.9. The molecule has 0 bridgehead atoms. The number of amides is 1. The van der Waals surface area contributed by atoms with Gasteiger partial charge in [0.15, 0.2) is 16.3 Å². The molecule has 0 N–H and O–H groups in total. The molecule has 1 fully saturated rings. The predicted molar refractivity (Wildman–Crippen MR) is 138 cm³/mol. The fourth-order valence-electron chi connectivity index (χ4n) is 4.31. The maximum atomic E-state index is 13.1. The second-order valence-corrected chi connectivity index (χ2v) is 11.9. The highest BCUT2D eigenvalue weighted by Crippen LogP contribution is 2.37. The number of carbonyl (C=O) groups is 2. The van der Waals surface area contributed by atoms with Crippen LogP contribution < -0.4 is 14.3 Å². The Morgan fingerprint density at radius 1 is 1.18 bits per heavy atom. The van der Waals surface area contributed by atoms with Gasteiger partial charge in [-0.3, -0.25) is 9.59 Å². The Labute approximate surface area is 223 Å². The van der Waals surface area contributed by atoms with Crippen molar-refractivity contribution in [1.29, 1.82) is 0 Å². The smallest absolute Gasteiger partial charge is 0.326 e. The molecule has 2 aliphatic heterocycles. The van der Waals surface area contributed by atoms with E-state index in [-0.39, 0.29) is 47.9 Å². The minimum atomic E-state index is -3.74. The van der Waals surface area contributed by atoms with Crippen molar-refractivity contribution < 1.29 is 37.0 Å². The normalized spacial score (nSPS) is 17.4. The third-order valence-corrected chi connectivity index (χ3v) is 9.14. The molecule has 1 amide bonds. The molecule has 5 rings (SSSR count). The molecule has 1 aromatic heterocycles. The molecule has 11 nitrogen and oxygen atoms in total. The van der Waals surface area contributed by atoms with Crippen molar-refractivity contribution in [2.24, 2.45) is 4.99 Å². The van der Waals surface area contributed by atoms with Gasteiger partial charge in [0.1, 0.15) is 6.54 Å². The molecule has 3 aromatic rings. The fraction of sp³-hybridized carbons (Fsp3) is 0.400. The van der Waals surface area contributed by atoms with Crippen LogP contribution in [0.2, 0.25) is 0 Å². The highest BCUT2D eigenvalue weighted by molar-refractivity contribution is 7.89. The van der Waals surface area contributed by atoms with Gasteiger partial charge in [0.05, 0.1) is 27.8 Å². The fourth-order valence-corrected chi connectivity index (χ4v) is 6.55. The van der Waals surface area contributed by atoms with Gasteiger partial charge in [-0.25, -0.2) is 8.42 Å². The van der Waals surface area contributed by atoms with Crippen LogP contribution >= 0.6 is 11.3 Å². The van der Waals surface area contributed by atoms with E-state index in [0.29, 0.717) is 23.6 Å². The van der Waals surface area contributed by atoms with Gasteiger partial charge < -0.3 is 23.5 Å². The third kappa shape index (κ3) is 5.32. The number of rotatable bonds is 8. The van der Waals surface area contributed by atoms with Crippen LogP contribution in [0.5, 0.6) is 11.5 Å². The van der Waals surface area contributed by atoms with Crippen molar-refractivity contribution in [3.05, 3.63) is 46.8 Å². The van der Waals surface area contributed by atoms with E-state index < -0.39 is 21.9 Å². The van der Waals surface area contributed by atoms with E-state index in [2.05, 4.69) is 4.99 Å². The lowest BCUT2D eigenvalue weighted by molar-refractivity contribution is -0.143. The molecule has 0 spiro atoms. The van der Waals surface area contributed by atoms with Gasteiger partial charge in [0, 0.05) is 37.9 Å². The Morgan fingerprint density at radius 3 is 2.61 bits per heavy atom. The number of thiazole rings is 1. The lowest BCUT2D eigenvalue weighted by Gasteiger charge is -2.20. The molecule has 1 saturated heterocycles. The van der Waals surface area contributed by atoms with Crippen molar-refractivity contribution in [3.8, 4) is 11.5 Å². The van der Waals surface area contributed by atoms with Gasteiger partial charge in [-0.05, 0) is 44.0 Å². The minimum Gasteiger partial charge on any atom is -0.465 e. The van der Waals surface area contributed by atoms with Gasteiger partial charge >= 0.3 is 5.97 Å². The number of hydrogen-bond donors (Lipinski definition) is 0. The highest BCUT2D eigenvalue weighted by atomic mass is 32.2. The molecule has 1 atom stereocenters. The Bertz CT molecular complexity index is 1540. The number of carbonyl (C=O) groups excluding carboxylic acids is 2. The van der Waals surface area contributed by atoms with Gasteiger partial charge in [-0.15, -0.1) is 0 Å². The summed E-state index contributed by atoms with van der Waals surface area (Å²) >= 11 is 1.22. The summed E-state index contributed by atoms with van der Waals surface area (Å²) in [7, 11) is -2.23. The molecule has 38 heavy (non-hydrogen) atoms. The van der Waals surface area contributed by atoms with Crippen molar-refractivity contribution in [2.75, 3.05) is 33.6 Å². The lowest BCUT2D eigenvalue weighted by Crippen LogP contribution is -2.34. The largest absolute Gasteiger partial charge is 0.465 e. The molecule has 13 heteroatoms. The molecule has 1 unspecified atom stereocenters. The van der Waals surface area contributed by atoms with Crippen LogP contribution in [0.1, 0.15) is 30.1 Å². The molecule has 0 saturated carbocycles. The maximum absolute atomic E-state index is 13.1. The number of hydrogen-bond acceptors (Lipinski definition) is 9. The molecular formula is C25H27N3O8S2. The first-order valence-corrected chi connectivity index (χ1v) is 14.4. The number of likely N-dealkylation sites (N-methyl/N-ethyl adjacent to an activating group) is 1. The topological polar surface area (TPSA) is 126 Å². The Balaban J connectivity index is 1.43. The summed E-state index contributed by atoms with van der Waals surface area (Å²) < 4.78 is 51.1. The lowest BCUT2D eigenvalue weighted by atomic mass is 10.2. The van der Waals surface area contributed by atoms with Crippen molar-refractivity contribution >= 4 is 43.5 Å². The first-order valence-electron chi connectivity index (χ1n) is 12.1. The van der Waals surface area contributed by atoms with Gasteiger partial charge in [-0.1, -0.05) is 11.3 Å². The number of sulfonamides is 1. The average molecular weight is 562 g/mol. The van der Waals surface area contributed by atoms with E-state index in [1.54, 1.807) is 23.6 Å². The van der Waals surface area contributed by atoms with Crippen LogP contribution in [0.3, 0.4) is 0 Å². The average Bonchev–Trinajstić information content (AvgIpc) is 3.64. The van der Waals surface area contributed by atoms with Gasteiger partial charge in [0.2, 0.25) is 16.8 Å². The van der Waals surface area contributed by atoms with E-state index in [9.17, 15) is 18.0 Å². The van der Waals surface area contributed by atoms with Crippen molar-refractivity contribution in [1.82, 2.24) is 8.87 Å². The first kappa shape index (κ1) is 26.4. The summed E-state index contributed by atoms with van der Waals surface area (Å²) in [5.41, 5.74) is 0.856. The maximum Gasteiger partial charge on any atom is 0.326 e. The summed E-state index contributed by atoms with van der Waals surface area (Å²) in [5, 5.41) is 0. The number of ether oxygens (including phenoxy) is 4. The van der Waals surface area contributed by atoms with E-state index in [4.69, 9.17) is 18.9 Å². The minimum absolute atomic E-state index is 0.0725. The number of aromatic nitrogens is 1. The summed E-state index contributed by atoms with van der Waals surface area (Å²) in [5.74, 6) is 0.0551. The van der Waals surface area contributed by atoms with Crippen molar-refractivity contribution in [2.45, 2.75) is 37.3 Å². The molecule has 0 radical (unpaired) electrons. The SMILES string of the molecule is CCOC(=O)Cn1c(=NC(=O)c2ccc(S(=O)(=O)N(C)CC3CCCO3)cc2)sc2cc3c(cc21)OCO3. The second kappa shape index (κ2) is 10.8. The monoisotopic (exact) mass is 561 g/mol. The standard InChI is InChI=1S/C25H27N3O8S2/c1-3-33-23(29)14-28-19-11-20-21(36-15-35-20)12-22(19)37-25(28)26-24(30)16-6-8-18(9-7-16)38(31,32)27(2)13-17-5-4-10-34-17/h6-9,11-12,17H,3-5,10,13-15H2,1-2H3. The molecule has 202 valence electrons. The van der Waals surface area contributed by atoms with Crippen LogP contribution in [0.4, 0.5) is 0 Å². The zero-order valence-electron chi connectivity index (χ0n) is 20.9. The highest BCUT2D eigenvalue weighted by Gasteiger charge is 2.26. The van der Waals surface area contributed by atoms with Gasteiger partial charge in [-0.2, -0.15) is 9.30 Å².